The predicted octanol–water partition coefficient (Wildman–Crippen LogP) is 4.88. The Hall–Kier alpha value is -3.93. The topological polar surface area (TPSA) is 93.0 Å². The van der Waals surface area contributed by atoms with E-state index in [-0.39, 0.29) is 5.62 Å². The first-order chi connectivity index (χ1) is 16.7. The molecule has 2 aromatic heterocycles. The quantitative estimate of drug-likeness (QED) is 0.352. The number of fused-ring (bicyclic) bond motifs is 3. The van der Waals surface area contributed by atoms with Gasteiger partial charge in [-0.15, -0.1) is 4.40 Å². The smallest absolute Gasteiger partial charge is 0.253 e. The van der Waals surface area contributed by atoms with E-state index in [0.717, 1.165) is 39.4 Å². The van der Waals surface area contributed by atoms with Gasteiger partial charge in [0.15, 0.2) is 0 Å². The Bertz CT molecular complexity index is 1860. The molecule has 0 aliphatic rings. The fourth-order valence-corrected chi connectivity index (χ4v) is 4.85. The number of nitrogens with zero attached hydrogens (tertiary/aromatic N) is 5. The maximum absolute atomic E-state index is 12.3. The van der Waals surface area contributed by atoms with Gasteiger partial charge in [0.2, 0.25) is 5.62 Å². The Kier molecular flexibility index (Phi) is 5.47. The average Bonchev–Trinajstić information content (AvgIpc) is 3.10. The molecule has 0 fully saturated rings. The number of sulfonamides is 1. The Morgan fingerprint density at radius 1 is 1.03 bits per heavy atom. The summed E-state index contributed by atoms with van der Waals surface area (Å²) in [5.74, 6) is 0. The van der Waals surface area contributed by atoms with Crippen molar-refractivity contribution in [3.8, 4) is 22.9 Å². The molecule has 0 spiro atoms. The first kappa shape index (κ1) is 22.8. The molecule has 5 aromatic rings. The highest BCUT2D eigenvalue weighted by molar-refractivity contribution is 7.89. The molecule has 3 aromatic carbocycles. The highest BCUT2D eigenvalue weighted by Gasteiger charge is 2.18. The van der Waals surface area contributed by atoms with Crippen molar-refractivity contribution in [2.45, 2.75) is 6.92 Å². The third kappa shape index (κ3) is 4.09. The molecule has 0 amide bonds. The van der Waals surface area contributed by atoms with Crippen molar-refractivity contribution < 1.29 is 8.42 Å². The predicted molar refractivity (Wildman–Crippen MR) is 138 cm³/mol. The normalized spacial score (nSPS) is 12.4. The van der Waals surface area contributed by atoms with E-state index >= 15 is 0 Å². The number of halogens is 1. The summed E-state index contributed by atoms with van der Waals surface area (Å²) in [6.45, 7) is 1.91. The number of imidazole rings is 1. The van der Waals surface area contributed by atoms with Crippen LogP contribution in [0.2, 0.25) is 5.02 Å². The summed E-state index contributed by atoms with van der Waals surface area (Å²) < 4.78 is 32.1. The van der Waals surface area contributed by atoms with Gasteiger partial charge in [0, 0.05) is 17.5 Å². The summed E-state index contributed by atoms with van der Waals surface area (Å²) in [4.78, 5) is 4.62. The van der Waals surface area contributed by atoms with Gasteiger partial charge in [0.1, 0.15) is 0 Å². The maximum Gasteiger partial charge on any atom is 0.253 e. The minimum atomic E-state index is -3.73. The number of benzene rings is 3. The van der Waals surface area contributed by atoms with Crippen molar-refractivity contribution in [3.63, 3.8) is 0 Å². The molecule has 0 saturated heterocycles. The van der Waals surface area contributed by atoms with Gasteiger partial charge in [-0.3, -0.25) is 9.55 Å². The fourth-order valence-electron chi connectivity index (χ4n) is 4.23. The van der Waals surface area contributed by atoms with Crippen LogP contribution in [0.3, 0.4) is 0 Å². The molecule has 0 aliphatic carbocycles. The van der Waals surface area contributed by atoms with Gasteiger partial charge in [-0.2, -0.15) is 5.26 Å². The third-order valence-corrected chi connectivity index (χ3v) is 6.66. The largest absolute Gasteiger partial charge is 0.311 e. The summed E-state index contributed by atoms with van der Waals surface area (Å²) in [6.07, 6.45) is 2.77. The average molecular weight is 502 g/mol. The summed E-state index contributed by atoms with van der Waals surface area (Å²) >= 11 is 6.07. The number of nitriles is 1. The zero-order valence-corrected chi connectivity index (χ0v) is 20.8. The van der Waals surface area contributed by atoms with E-state index in [1.807, 2.05) is 55.5 Å². The van der Waals surface area contributed by atoms with E-state index in [9.17, 15) is 13.7 Å². The van der Waals surface area contributed by atoms with E-state index in [1.165, 1.54) is 0 Å². The van der Waals surface area contributed by atoms with Crippen molar-refractivity contribution in [3.05, 3.63) is 88.6 Å². The number of pyridine rings is 1. The SMILES string of the molecule is Cc1ccc(C#N)cc1-n1/c(=N/S(C)(=O)=O)n(C)c2cnc3ccc(-c4ccc(Cl)cc4)cc3c21. The molecule has 7 nitrogen and oxygen atoms in total. The summed E-state index contributed by atoms with van der Waals surface area (Å²) in [5.41, 5.74) is 6.35. The summed E-state index contributed by atoms with van der Waals surface area (Å²) in [5, 5.41) is 11.0. The second-order valence-electron chi connectivity index (χ2n) is 8.36. The van der Waals surface area contributed by atoms with E-state index < -0.39 is 10.0 Å². The van der Waals surface area contributed by atoms with Crippen molar-refractivity contribution >= 4 is 43.6 Å². The molecule has 0 unspecified atom stereocenters. The van der Waals surface area contributed by atoms with Crippen LogP contribution in [0.1, 0.15) is 11.1 Å². The molecular formula is C26H20ClN5O2S. The van der Waals surface area contributed by atoms with Crippen LogP contribution in [0, 0.1) is 18.3 Å². The van der Waals surface area contributed by atoms with E-state index in [2.05, 4.69) is 15.5 Å². The Labute approximate surface area is 207 Å². The molecular weight excluding hydrogens is 482 g/mol. The first-order valence-electron chi connectivity index (χ1n) is 10.7. The molecule has 5 rings (SSSR count). The standard InChI is InChI=1S/C26H20ClN5O2S/c1-16-4-5-17(14-28)12-23(16)32-25-21-13-19(18-6-9-20(27)10-7-18)8-11-22(21)29-15-24(25)31(2)26(32)30-35(3,33)34/h4-13,15H,1-3H3/b30-26+. The molecule has 0 atom stereocenters. The van der Waals surface area contributed by atoms with Gasteiger partial charge in [-0.25, -0.2) is 8.42 Å². The zero-order valence-electron chi connectivity index (χ0n) is 19.2. The van der Waals surface area contributed by atoms with E-state index in [0.29, 0.717) is 21.8 Å². The number of hydrogen-bond acceptors (Lipinski definition) is 4. The van der Waals surface area contributed by atoms with Crippen molar-refractivity contribution in [2.75, 3.05) is 6.26 Å². The van der Waals surface area contributed by atoms with Crippen LogP contribution < -0.4 is 5.62 Å². The lowest BCUT2D eigenvalue weighted by Gasteiger charge is -2.11. The highest BCUT2D eigenvalue weighted by atomic mass is 35.5. The molecule has 174 valence electrons. The van der Waals surface area contributed by atoms with E-state index in [4.69, 9.17) is 11.6 Å². The van der Waals surface area contributed by atoms with Crippen molar-refractivity contribution in [1.82, 2.24) is 14.1 Å². The van der Waals surface area contributed by atoms with Crippen LogP contribution in [0.5, 0.6) is 0 Å². The van der Waals surface area contributed by atoms with Gasteiger partial charge < -0.3 is 4.57 Å². The lowest BCUT2D eigenvalue weighted by molar-refractivity contribution is 0.600. The molecule has 0 bridgehead atoms. The number of rotatable bonds is 3. The Balaban J connectivity index is 1.98. The van der Waals surface area contributed by atoms with E-state index in [1.54, 1.807) is 34.5 Å². The minimum absolute atomic E-state index is 0.215. The van der Waals surface area contributed by atoms with Crippen LogP contribution in [-0.2, 0) is 17.1 Å². The lowest BCUT2D eigenvalue weighted by Crippen LogP contribution is -2.25. The lowest BCUT2D eigenvalue weighted by atomic mass is 10.0. The second-order valence-corrected chi connectivity index (χ2v) is 10.4. The van der Waals surface area contributed by atoms with Gasteiger partial charge >= 0.3 is 0 Å². The molecule has 9 heteroatoms. The summed E-state index contributed by atoms with van der Waals surface area (Å²) in [6, 6.07) is 21.0. The molecule has 0 aliphatic heterocycles. The zero-order chi connectivity index (χ0) is 24.9. The molecule has 0 N–H and O–H groups in total. The molecule has 35 heavy (non-hydrogen) atoms. The minimum Gasteiger partial charge on any atom is -0.311 e. The van der Waals surface area contributed by atoms with Gasteiger partial charge in [0.25, 0.3) is 10.0 Å². The molecule has 2 heterocycles. The number of hydrogen-bond donors (Lipinski definition) is 0. The van der Waals surface area contributed by atoms with Gasteiger partial charge in [-0.1, -0.05) is 35.9 Å². The second kappa shape index (κ2) is 8.38. The van der Waals surface area contributed by atoms with Crippen molar-refractivity contribution in [2.24, 2.45) is 11.4 Å². The molecule has 0 radical (unpaired) electrons. The van der Waals surface area contributed by atoms with Crippen LogP contribution in [0.4, 0.5) is 0 Å². The number of aryl methyl sites for hydroxylation is 2. The first-order valence-corrected chi connectivity index (χ1v) is 12.9. The number of aromatic nitrogens is 3. The van der Waals surface area contributed by atoms with Crippen LogP contribution in [0.25, 0.3) is 38.8 Å². The van der Waals surface area contributed by atoms with Crippen molar-refractivity contribution in [1.29, 1.82) is 5.26 Å². The Morgan fingerprint density at radius 3 is 2.43 bits per heavy atom. The van der Waals surface area contributed by atoms with Crippen LogP contribution >= 0.6 is 11.6 Å². The monoisotopic (exact) mass is 501 g/mol. The van der Waals surface area contributed by atoms with Gasteiger partial charge in [-0.05, 0) is 60.0 Å². The van der Waals surface area contributed by atoms with Crippen LogP contribution in [-0.4, -0.2) is 28.8 Å². The third-order valence-electron chi connectivity index (χ3n) is 5.91. The Morgan fingerprint density at radius 2 is 1.74 bits per heavy atom. The van der Waals surface area contributed by atoms with Gasteiger partial charge in [0.05, 0.1) is 46.3 Å². The maximum atomic E-state index is 12.3. The molecule has 0 saturated carbocycles. The van der Waals surface area contributed by atoms with Crippen LogP contribution in [0.15, 0.2) is 71.3 Å². The highest BCUT2D eigenvalue weighted by Crippen LogP contribution is 2.31. The summed E-state index contributed by atoms with van der Waals surface area (Å²) in [7, 11) is -1.98. The fraction of sp³-hybridized carbons (Fsp3) is 0.115.